The predicted octanol–water partition coefficient (Wildman–Crippen LogP) is 4.63. The summed E-state index contributed by atoms with van der Waals surface area (Å²) in [6.45, 7) is 5.86. The molecule has 4 nitrogen and oxygen atoms in total. The zero-order chi connectivity index (χ0) is 18.1. The highest BCUT2D eigenvalue weighted by molar-refractivity contribution is 8.00. The molecule has 1 amide bonds. The van der Waals surface area contributed by atoms with Crippen LogP contribution in [0.15, 0.2) is 23.2 Å². The summed E-state index contributed by atoms with van der Waals surface area (Å²) in [6.07, 6.45) is 0. The molecule has 0 bridgehead atoms. The minimum atomic E-state index is -0.997. The van der Waals surface area contributed by atoms with Gasteiger partial charge in [-0.3, -0.25) is 4.79 Å². The van der Waals surface area contributed by atoms with E-state index in [0.29, 0.717) is 5.82 Å². The van der Waals surface area contributed by atoms with Crippen LogP contribution in [0.2, 0.25) is 0 Å². The third-order valence-electron chi connectivity index (χ3n) is 3.65. The van der Waals surface area contributed by atoms with Crippen LogP contribution in [0.1, 0.15) is 16.3 Å². The van der Waals surface area contributed by atoms with E-state index in [1.807, 2.05) is 20.8 Å². The van der Waals surface area contributed by atoms with E-state index in [-0.39, 0.29) is 17.3 Å². The average Bonchev–Trinajstić information content (AvgIpc) is 2.83. The van der Waals surface area contributed by atoms with E-state index in [1.54, 1.807) is 11.3 Å². The lowest BCUT2D eigenvalue weighted by Gasteiger charge is -2.07. The third kappa shape index (κ3) is 3.80. The van der Waals surface area contributed by atoms with Crippen molar-refractivity contribution in [2.45, 2.75) is 25.8 Å². The largest absolute Gasteiger partial charge is 0.325 e. The second kappa shape index (κ2) is 7.05. The van der Waals surface area contributed by atoms with Crippen LogP contribution in [0.4, 0.5) is 14.5 Å². The summed E-state index contributed by atoms with van der Waals surface area (Å²) in [5.41, 5.74) is 1.33. The van der Waals surface area contributed by atoms with E-state index in [2.05, 4.69) is 15.3 Å². The van der Waals surface area contributed by atoms with E-state index in [1.165, 1.54) is 22.7 Å². The van der Waals surface area contributed by atoms with Crippen LogP contribution >= 0.6 is 23.1 Å². The van der Waals surface area contributed by atoms with Gasteiger partial charge in [0, 0.05) is 22.0 Å². The Morgan fingerprint density at radius 3 is 2.68 bits per heavy atom. The number of thiophene rings is 1. The second-order valence-corrected chi connectivity index (χ2v) is 7.67. The number of fused-ring (bicyclic) bond motifs is 1. The molecule has 3 aromatic rings. The van der Waals surface area contributed by atoms with Gasteiger partial charge in [-0.05, 0) is 38.5 Å². The predicted molar refractivity (Wildman–Crippen MR) is 97.3 cm³/mol. The zero-order valence-electron chi connectivity index (χ0n) is 13.8. The summed E-state index contributed by atoms with van der Waals surface area (Å²) in [4.78, 5) is 23.1. The number of carbonyl (C=O) groups excluding carboxylic acids is 1. The molecular formula is C17H15F2N3OS2. The normalized spacial score (nSPS) is 11.1. The van der Waals surface area contributed by atoms with Crippen LogP contribution in [0.25, 0.3) is 10.2 Å². The summed E-state index contributed by atoms with van der Waals surface area (Å²) in [7, 11) is 0. The zero-order valence-corrected chi connectivity index (χ0v) is 15.4. The third-order valence-corrected chi connectivity index (χ3v) is 5.73. The van der Waals surface area contributed by atoms with Gasteiger partial charge in [0.05, 0.1) is 5.75 Å². The maximum absolute atomic E-state index is 13.2. The second-order valence-electron chi connectivity index (χ2n) is 5.51. The Kier molecular flexibility index (Phi) is 5.01. The Bertz CT molecular complexity index is 972. The molecule has 2 aromatic heterocycles. The SMILES string of the molecule is Cc1nc(SCC(=O)Nc2ccc(F)c(F)c2)c2c(C)c(C)sc2n1. The number of nitrogens with one attached hydrogen (secondary N) is 1. The fourth-order valence-electron chi connectivity index (χ4n) is 2.32. The van der Waals surface area contributed by atoms with Crippen molar-refractivity contribution in [2.75, 3.05) is 11.1 Å². The summed E-state index contributed by atoms with van der Waals surface area (Å²) in [6, 6.07) is 3.25. The molecule has 0 atom stereocenters. The Labute approximate surface area is 151 Å². The quantitative estimate of drug-likeness (QED) is 0.531. The van der Waals surface area contributed by atoms with E-state index in [4.69, 9.17) is 0 Å². The highest BCUT2D eigenvalue weighted by Gasteiger charge is 2.15. The number of aromatic nitrogens is 2. The van der Waals surface area contributed by atoms with E-state index >= 15 is 0 Å². The maximum atomic E-state index is 13.2. The summed E-state index contributed by atoms with van der Waals surface area (Å²) < 4.78 is 26.1. The van der Waals surface area contributed by atoms with Gasteiger partial charge in [-0.25, -0.2) is 18.7 Å². The molecule has 0 spiro atoms. The van der Waals surface area contributed by atoms with Crippen molar-refractivity contribution < 1.29 is 13.6 Å². The van der Waals surface area contributed by atoms with Crippen molar-refractivity contribution in [2.24, 2.45) is 0 Å². The van der Waals surface area contributed by atoms with Crippen molar-refractivity contribution >= 4 is 44.9 Å². The van der Waals surface area contributed by atoms with Crippen LogP contribution in [-0.2, 0) is 4.79 Å². The Morgan fingerprint density at radius 1 is 1.20 bits per heavy atom. The number of nitrogens with zero attached hydrogens (tertiary/aromatic N) is 2. The Balaban J connectivity index is 1.76. The number of hydrogen-bond donors (Lipinski definition) is 1. The maximum Gasteiger partial charge on any atom is 0.234 e. The van der Waals surface area contributed by atoms with Crippen molar-refractivity contribution in [3.63, 3.8) is 0 Å². The number of aryl methyl sites for hydroxylation is 3. The Morgan fingerprint density at radius 2 is 1.96 bits per heavy atom. The molecule has 1 aromatic carbocycles. The first-order valence-electron chi connectivity index (χ1n) is 7.47. The van der Waals surface area contributed by atoms with Crippen LogP contribution in [0.3, 0.4) is 0 Å². The topological polar surface area (TPSA) is 54.9 Å². The van der Waals surface area contributed by atoms with E-state index in [9.17, 15) is 13.6 Å². The lowest BCUT2D eigenvalue weighted by Crippen LogP contribution is -2.14. The lowest BCUT2D eigenvalue weighted by molar-refractivity contribution is -0.113. The Hall–Kier alpha value is -2.06. The van der Waals surface area contributed by atoms with Gasteiger partial charge < -0.3 is 5.32 Å². The van der Waals surface area contributed by atoms with Crippen molar-refractivity contribution in [3.05, 3.63) is 46.1 Å². The molecule has 0 fully saturated rings. The first kappa shape index (κ1) is 17.8. The summed E-state index contributed by atoms with van der Waals surface area (Å²) in [5.74, 6) is -1.50. The molecule has 3 rings (SSSR count). The molecule has 0 unspecified atom stereocenters. The first-order chi connectivity index (χ1) is 11.8. The number of anilines is 1. The molecule has 0 aliphatic carbocycles. The van der Waals surface area contributed by atoms with Gasteiger partial charge in [-0.15, -0.1) is 11.3 Å². The average molecular weight is 379 g/mol. The molecule has 0 saturated carbocycles. The number of amides is 1. The smallest absolute Gasteiger partial charge is 0.234 e. The summed E-state index contributed by atoms with van der Waals surface area (Å²) >= 11 is 2.91. The lowest BCUT2D eigenvalue weighted by atomic mass is 10.2. The highest BCUT2D eigenvalue weighted by atomic mass is 32.2. The minimum Gasteiger partial charge on any atom is -0.325 e. The number of benzene rings is 1. The monoisotopic (exact) mass is 379 g/mol. The number of halogens is 2. The van der Waals surface area contributed by atoms with Gasteiger partial charge in [0.1, 0.15) is 15.7 Å². The van der Waals surface area contributed by atoms with Gasteiger partial charge >= 0.3 is 0 Å². The summed E-state index contributed by atoms with van der Waals surface area (Å²) in [5, 5.41) is 4.28. The van der Waals surface area contributed by atoms with Crippen molar-refractivity contribution in [1.82, 2.24) is 9.97 Å². The highest BCUT2D eigenvalue weighted by Crippen LogP contribution is 2.35. The van der Waals surface area contributed by atoms with Gasteiger partial charge in [-0.2, -0.15) is 0 Å². The number of carbonyl (C=O) groups is 1. The molecule has 2 heterocycles. The first-order valence-corrected chi connectivity index (χ1v) is 9.27. The van der Waals surface area contributed by atoms with Crippen LogP contribution in [-0.4, -0.2) is 21.6 Å². The molecule has 0 saturated heterocycles. The molecule has 8 heteroatoms. The van der Waals surface area contributed by atoms with Crippen molar-refractivity contribution in [3.8, 4) is 0 Å². The molecule has 0 radical (unpaired) electrons. The molecule has 1 N–H and O–H groups in total. The van der Waals surface area contributed by atoms with Gasteiger partial charge in [0.15, 0.2) is 11.6 Å². The van der Waals surface area contributed by atoms with E-state index < -0.39 is 11.6 Å². The standard InChI is InChI=1S/C17H15F2N3OS2/c1-8-9(2)25-17-15(8)16(20-10(3)21-17)24-7-14(23)22-11-4-5-12(18)13(19)6-11/h4-6H,7H2,1-3H3,(H,22,23). The molecule has 25 heavy (non-hydrogen) atoms. The molecular weight excluding hydrogens is 364 g/mol. The molecule has 0 aliphatic rings. The van der Waals surface area contributed by atoms with Gasteiger partial charge in [0.2, 0.25) is 5.91 Å². The van der Waals surface area contributed by atoms with Crippen LogP contribution in [0, 0.1) is 32.4 Å². The van der Waals surface area contributed by atoms with E-state index in [0.717, 1.165) is 32.9 Å². The number of thioether (sulfide) groups is 1. The fourth-order valence-corrected chi connectivity index (χ4v) is 4.39. The van der Waals surface area contributed by atoms with Crippen LogP contribution < -0.4 is 5.32 Å². The minimum absolute atomic E-state index is 0.110. The number of rotatable bonds is 4. The van der Waals surface area contributed by atoms with Gasteiger partial charge in [0.25, 0.3) is 0 Å². The molecule has 0 aliphatic heterocycles. The van der Waals surface area contributed by atoms with Gasteiger partial charge in [-0.1, -0.05) is 11.8 Å². The molecule has 130 valence electrons. The number of hydrogen-bond acceptors (Lipinski definition) is 5. The van der Waals surface area contributed by atoms with Crippen LogP contribution in [0.5, 0.6) is 0 Å². The van der Waals surface area contributed by atoms with Crippen molar-refractivity contribution in [1.29, 1.82) is 0 Å². The fraction of sp³-hybridized carbons (Fsp3) is 0.235.